The molecule has 0 aliphatic carbocycles. The van der Waals surface area contributed by atoms with Crippen molar-refractivity contribution in [3.8, 4) is 0 Å². The molecule has 3 aromatic rings. The molecule has 1 aromatic carbocycles. The highest BCUT2D eigenvalue weighted by Crippen LogP contribution is 2.26. The summed E-state index contributed by atoms with van der Waals surface area (Å²) in [6.07, 6.45) is 0. The first-order valence-corrected chi connectivity index (χ1v) is 7.64. The standard InChI is InChI=1S/C13H11N3O2S2/c1-8-15-11-3-2-10(5-12(11)20-8)14-6-9-4-13(16(17)18)19-7-9/h2-5,7,14H,6H2,1H3. The number of nitro groups is 1. The number of nitrogens with one attached hydrogen (secondary N) is 1. The average molecular weight is 305 g/mol. The fourth-order valence-corrected chi connectivity index (χ4v) is 3.50. The van der Waals surface area contributed by atoms with Gasteiger partial charge in [0.1, 0.15) is 0 Å². The zero-order valence-electron chi connectivity index (χ0n) is 10.6. The molecular formula is C13H11N3O2S2. The Balaban J connectivity index is 1.73. The Bertz CT molecular complexity index is 779. The zero-order chi connectivity index (χ0) is 14.1. The molecule has 0 radical (unpaired) electrons. The fraction of sp³-hybridized carbons (Fsp3) is 0.154. The van der Waals surface area contributed by atoms with E-state index in [1.807, 2.05) is 19.1 Å². The first kappa shape index (κ1) is 13.0. The third-order valence-corrected chi connectivity index (χ3v) is 4.67. The minimum atomic E-state index is -0.361. The predicted molar refractivity (Wildman–Crippen MR) is 82.7 cm³/mol. The lowest BCUT2D eigenvalue weighted by Crippen LogP contribution is -1.97. The maximum atomic E-state index is 10.6. The second kappa shape index (κ2) is 5.18. The van der Waals surface area contributed by atoms with Crippen molar-refractivity contribution in [3.05, 3.63) is 50.3 Å². The van der Waals surface area contributed by atoms with Gasteiger partial charge in [0.15, 0.2) is 0 Å². The maximum absolute atomic E-state index is 10.6. The van der Waals surface area contributed by atoms with E-state index < -0.39 is 0 Å². The van der Waals surface area contributed by atoms with Gasteiger partial charge in [-0.3, -0.25) is 10.1 Å². The van der Waals surface area contributed by atoms with E-state index >= 15 is 0 Å². The van der Waals surface area contributed by atoms with E-state index in [-0.39, 0.29) is 9.92 Å². The number of aryl methyl sites for hydroxylation is 1. The second-order valence-electron chi connectivity index (χ2n) is 4.32. The van der Waals surface area contributed by atoms with Gasteiger partial charge in [0, 0.05) is 23.7 Å². The molecule has 0 atom stereocenters. The highest BCUT2D eigenvalue weighted by molar-refractivity contribution is 7.18. The summed E-state index contributed by atoms with van der Waals surface area (Å²) in [5.41, 5.74) is 2.92. The van der Waals surface area contributed by atoms with Gasteiger partial charge in [-0.25, -0.2) is 4.98 Å². The largest absolute Gasteiger partial charge is 0.381 e. The van der Waals surface area contributed by atoms with Crippen molar-refractivity contribution >= 4 is 43.6 Å². The summed E-state index contributed by atoms with van der Waals surface area (Å²) >= 11 is 2.81. The topological polar surface area (TPSA) is 68.1 Å². The van der Waals surface area contributed by atoms with Crippen LogP contribution in [0.4, 0.5) is 10.7 Å². The molecule has 0 unspecified atom stereocenters. The summed E-state index contributed by atoms with van der Waals surface area (Å²) in [7, 11) is 0. The van der Waals surface area contributed by atoms with Crippen LogP contribution in [0, 0.1) is 17.0 Å². The summed E-state index contributed by atoms with van der Waals surface area (Å²) < 4.78 is 1.14. The molecule has 5 nitrogen and oxygen atoms in total. The van der Waals surface area contributed by atoms with E-state index in [1.54, 1.807) is 22.8 Å². The molecule has 2 aromatic heterocycles. The Kier molecular flexibility index (Phi) is 3.37. The highest BCUT2D eigenvalue weighted by atomic mass is 32.1. The molecule has 0 aliphatic rings. The van der Waals surface area contributed by atoms with E-state index in [0.29, 0.717) is 6.54 Å². The molecule has 102 valence electrons. The Labute approximate surface area is 123 Å². The Hall–Kier alpha value is -1.99. The van der Waals surface area contributed by atoms with Gasteiger partial charge in [-0.1, -0.05) is 11.3 Å². The minimum absolute atomic E-state index is 0.176. The molecule has 0 spiro atoms. The third kappa shape index (κ3) is 2.63. The van der Waals surface area contributed by atoms with Crippen molar-refractivity contribution in [3.63, 3.8) is 0 Å². The van der Waals surface area contributed by atoms with Crippen molar-refractivity contribution in [1.82, 2.24) is 4.98 Å². The molecule has 0 fully saturated rings. The van der Waals surface area contributed by atoms with E-state index in [9.17, 15) is 10.1 Å². The van der Waals surface area contributed by atoms with Crippen LogP contribution >= 0.6 is 22.7 Å². The van der Waals surface area contributed by atoms with Gasteiger partial charge in [-0.05, 0) is 30.7 Å². The Morgan fingerprint density at radius 2 is 2.25 bits per heavy atom. The van der Waals surface area contributed by atoms with E-state index in [1.165, 1.54) is 0 Å². The third-order valence-electron chi connectivity index (χ3n) is 2.81. The van der Waals surface area contributed by atoms with Gasteiger partial charge in [-0.15, -0.1) is 11.3 Å². The molecular weight excluding hydrogens is 294 g/mol. The number of thiazole rings is 1. The molecule has 0 bridgehead atoms. The number of rotatable bonds is 4. The predicted octanol–water partition coefficient (Wildman–Crippen LogP) is 4.19. The normalized spacial score (nSPS) is 10.8. The Morgan fingerprint density at radius 3 is 3.00 bits per heavy atom. The van der Waals surface area contributed by atoms with Gasteiger partial charge in [0.25, 0.3) is 0 Å². The van der Waals surface area contributed by atoms with Crippen molar-refractivity contribution in [2.45, 2.75) is 13.5 Å². The lowest BCUT2D eigenvalue weighted by molar-refractivity contribution is -0.380. The van der Waals surface area contributed by atoms with Crippen molar-refractivity contribution in [1.29, 1.82) is 0 Å². The quantitative estimate of drug-likeness (QED) is 0.580. The van der Waals surface area contributed by atoms with E-state index in [2.05, 4.69) is 16.4 Å². The summed E-state index contributed by atoms with van der Waals surface area (Å²) in [6.45, 7) is 2.57. The molecule has 20 heavy (non-hydrogen) atoms. The molecule has 3 rings (SSSR count). The zero-order valence-corrected chi connectivity index (χ0v) is 12.3. The number of benzene rings is 1. The van der Waals surface area contributed by atoms with Gasteiger partial charge in [0.05, 0.1) is 20.1 Å². The van der Waals surface area contributed by atoms with Gasteiger partial charge in [-0.2, -0.15) is 0 Å². The van der Waals surface area contributed by atoms with E-state index in [4.69, 9.17) is 0 Å². The van der Waals surface area contributed by atoms with Crippen LogP contribution in [0.3, 0.4) is 0 Å². The average Bonchev–Trinajstić information content (AvgIpc) is 3.00. The number of thiophene rings is 1. The number of aromatic nitrogens is 1. The lowest BCUT2D eigenvalue weighted by atomic mass is 10.2. The van der Waals surface area contributed by atoms with Crippen LogP contribution in [-0.4, -0.2) is 9.91 Å². The van der Waals surface area contributed by atoms with Crippen LogP contribution < -0.4 is 5.32 Å². The molecule has 1 N–H and O–H groups in total. The summed E-state index contributed by atoms with van der Waals surface area (Å²) in [4.78, 5) is 14.7. The number of anilines is 1. The molecule has 7 heteroatoms. The first-order valence-electron chi connectivity index (χ1n) is 5.95. The number of hydrogen-bond donors (Lipinski definition) is 1. The first-order chi connectivity index (χ1) is 9.61. The summed E-state index contributed by atoms with van der Waals surface area (Å²) in [5.74, 6) is 0. The smallest absolute Gasteiger partial charge is 0.324 e. The number of fused-ring (bicyclic) bond motifs is 1. The Morgan fingerprint density at radius 1 is 1.40 bits per heavy atom. The number of nitrogens with zero attached hydrogens (tertiary/aromatic N) is 2. The second-order valence-corrected chi connectivity index (χ2v) is 6.44. The van der Waals surface area contributed by atoms with Crippen LogP contribution in [0.25, 0.3) is 10.2 Å². The van der Waals surface area contributed by atoms with Crippen LogP contribution in [-0.2, 0) is 6.54 Å². The lowest BCUT2D eigenvalue weighted by Gasteiger charge is -2.04. The summed E-state index contributed by atoms with van der Waals surface area (Å²) in [6, 6.07) is 7.62. The van der Waals surface area contributed by atoms with Gasteiger partial charge in [0.2, 0.25) is 0 Å². The van der Waals surface area contributed by atoms with Crippen molar-refractivity contribution in [2.75, 3.05) is 5.32 Å². The molecule has 2 heterocycles. The van der Waals surface area contributed by atoms with Crippen LogP contribution in [0.5, 0.6) is 0 Å². The van der Waals surface area contributed by atoms with Crippen LogP contribution in [0.2, 0.25) is 0 Å². The fourth-order valence-electron chi connectivity index (χ4n) is 1.91. The molecule has 0 saturated carbocycles. The van der Waals surface area contributed by atoms with Crippen LogP contribution in [0.15, 0.2) is 29.6 Å². The van der Waals surface area contributed by atoms with E-state index in [0.717, 1.165) is 37.8 Å². The van der Waals surface area contributed by atoms with Crippen molar-refractivity contribution < 1.29 is 4.92 Å². The highest BCUT2D eigenvalue weighted by Gasteiger charge is 2.09. The maximum Gasteiger partial charge on any atom is 0.324 e. The van der Waals surface area contributed by atoms with Gasteiger partial charge >= 0.3 is 5.00 Å². The van der Waals surface area contributed by atoms with Crippen molar-refractivity contribution in [2.24, 2.45) is 0 Å². The molecule has 0 amide bonds. The minimum Gasteiger partial charge on any atom is -0.381 e. The summed E-state index contributed by atoms with van der Waals surface area (Å²) in [5, 5.41) is 16.9. The van der Waals surface area contributed by atoms with Gasteiger partial charge < -0.3 is 5.32 Å². The molecule has 0 aliphatic heterocycles. The number of hydrogen-bond acceptors (Lipinski definition) is 6. The monoisotopic (exact) mass is 305 g/mol. The van der Waals surface area contributed by atoms with Crippen LogP contribution in [0.1, 0.15) is 10.6 Å². The molecule has 0 saturated heterocycles. The SMILES string of the molecule is Cc1nc2ccc(NCc3csc([N+](=O)[O-])c3)cc2s1.